The van der Waals surface area contributed by atoms with Crippen molar-refractivity contribution < 1.29 is 0 Å². The molecular formula is C11H12N6S. The number of hydrogen-bond donors (Lipinski definition) is 1. The number of aromatic amines is 1. The summed E-state index contributed by atoms with van der Waals surface area (Å²) in [6.45, 7) is 4.03. The minimum Gasteiger partial charge on any atom is -0.337 e. The number of fused-ring (bicyclic) bond motifs is 1. The van der Waals surface area contributed by atoms with Crippen molar-refractivity contribution in [2.24, 2.45) is 0 Å². The van der Waals surface area contributed by atoms with Gasteiger partial charge in [0, 0.05) is 17.6 Å². The molecule has 0 spiro atoms. The molecule has 0 aliphatic carbocycles. The van der Waals surface area contributed by atoms with Crippen LogP contribution in [0.4, 0.5) is 0 Å². The van der Waals surface area contributed by atoms with Crippen LogP contribution >= 0.6 is 11.8 Å². The first-order chi connectivity index (χ1) is 8.76. The fourth-order valence-electron chi connectivity index (χ4n) is 1.64. The van der Waals surface area contributed by atoms with E-state index in [0.717, 1.165) is 28.0 Å². The molecule has 0 radical (unpaired) electrons. The van der Waals surface area contributed by atoms with E-state index < -0.39 is 0 Å². The van der Waals surface area contributed by atoms with Gasteiger partial charge in [0.25, 0.3) is 5.78 Å². The van der Waals surface area contributed by atoms with Crippen LogP contribution in [-0.4, -0.2) is 29.5 Å². The van der Waals surface area contributed by atoms with Gasteiger partial charge in [-0.2, -0.15) is 14.6 Å². The fraction of sp³-hybridized carbons (Fsp3) is 0.273. The summed E-state index contributed by atoms with van der Waals surface area (Å²) in [5, 5.41) is 5.97. The third-order valence-electron chi connectivity index (χ3n) is 2.53. The SMILES string of the molecule is CCc1cnc(Sc2cc(C)nc3ncnn23)[nH]1. The van der Waals surface area contributed by atoms with E-state index in [9.17, 15) is 0 Å². The Morgan fingerprint density at radius 2 is 2.28 bits per heavy atom. The first-order valence-electron chi connectivity index (χ1n) is 5.65. The molecular weight excluding hydrogens is 248 g/mol. The molecule has 0 saturated heterocycles. The van der Waals surface area contributed by atoms with Crippen molar-refractivity contribution in [2.75, 3.05) is 0 Å². The Kier molecular flexibility index (Phi) is 2.75. The second-order valence-corrected chi connectivity index (χ2v) is 4.89. The molecule has 3 rings (SSSR count). The van der Waals surface area contributed by atoms with Crippen molar-refractivity contribution in [3.63, 3.8) is 0 Å². The molecule has 0 aliphatic rings. The Hall–Kier alpha value is -1.89. The summed E-state index contributed by atoms with van der Waals surface area (Å²) in [4.78, 5) is 16.0. The van der Waals surface area contributed by atoms with Gasteiger partial charge in [-0.15, -0.1) is 0 Å². The lowest BCUT2D eigenvalue weighted by Crippen LogP contribution is -1.97. The van der Waals surface area contributed by atoms with Crippen LogP contribution in [0.5, 0.6) is 0 Å². The maximum Gasteiger partial charge on any atom is 0.253 e. The highest BCUT2D eigenvalue weighted by Gasteiger charge is 2.09. The van der Waals surface area contributed by atoms with Gasteiger partial charge in [0.2, 0.25) is 0 Å². The van der Waals surface area contributed by atoms with Gasteiger partial charge >= 0.3 is 0 Å². The highest BCUT2D eigenvalue weighted by molar-refractivity contribution is 7.99. The van der Waals surface area contributed by atoms with Crippen molar-refractivity contribution in [1.29, 1.82) is 0 Å². The van der Waals surface area contributed by atoms with Crippen LogP contribution < -0.4 is 0 Å². The zero-order valence-corrected chi connectivity index (χ0v) is 10.9. The van der Waals surface area contributed by atoms with Crippen LogP contribution in [0.1, 0.15) is 18.3 Å². The van der Waals surface area contributed by atoms with Gasteiger partial charge < -0.3 is 4.98 Å². The van der Waals surface area contributed by atoms with E-state index in [2.05, 4.69) is 32.0 Å². The van der Waals surface area contributed by atoms with E-state index in [-0.39, 0.29) is 0 Å². The van der Waals surface area contributed by atoms with Gasteiger partial charge in [0.1, 0.15) is 11.4 Å². The van der Waals surface area contributed by atoms with Crippen LogP contribution in [0, 0.1) is 6.92 Å². The third-order valence-corrected chi connectivity index (χ3v) is 3.44. The number of nitrogens with one attached hydrogen (secondary N) is 1. The molecule has 6 nitrogen and oxygen atoms in total. The van der Waals surface area contributed by atoms with E-state index in [4.69, 9.17) is 0 Å². The lowest BCUT2D eigenvalue weighted by atomic mass is 10.4. The highest BCUT2D eigenvalue weighted by atomic mass is 32.2. The van der Waals surface area contributed by atoms with Crippen molar-refractivity contribution >= 4 is 17.5 Å². The fourth-order valence-corrected chi connectivity index (χ4v) is 2.57. The standard InChI is InChI=1S/C11H12N6S/c1-3-8-5-12-11(16-8)18-9-4-7(2)15-10-13-6-14-17(9)10/h4-6H,3H2,1-2H3,(H,12,16). The average molecular weight is 260 g/mol. The van der Waals surface area contributed by atoms with Gasteiger partial charge in [0.15, 0.2) is 5.16 Å². The molecule has 3 heterocycles. The number of aryl methyl sites for hydroxylation is 2. The van der Waals surface area contributed by atoms with Gasteiger partial charge in [-0.3, -0.25) is 0 Å². The topological polar surface area (TPSA) is 71.8 Å². The number of aromatic nitrogens is 6. The van der Waals surface area contributed by atoms with E-state index in [1.165, 1.54) is 18.1 Å². The van der Waals surface area contributed by atoms with Crippen LogP contribution in [-0.2, 0) is 6.42 Å². The number of hydrogen-bond acceptors (Lipinski definition) is 5. The molecule has 0 unspecified atom stereocenters. The van der Waals surface area contributed by atoms with Crippen LogP contribution in [0.3, 0.4) is 0 Å². The Morgan fingerprint density at radius 1 is 1.39 bits per heavy atom. The second kappa shape index (κ2) is 4.41. The van der Waals surface area contributed by atoms with Crippen LogP contribution in [0.15, 0.2) is 28.8 Å². The first-order valence-corrected chi connectivity index (χ1v) is 6.47. The van der Waals surface area contributed by atoms with Crippen molar-refractivity contribution in [3.05, 3.63) is 30.0 Å². The molecule has 0 aromatic carbocycles. The summed E-state index contributed by atoms with van der Waals surface area (Å²) in [6.07, 6.45) is 4.31. The summed E-state index contributed by atoms with van der Waals surface area (Å²) in [5.41, 5.74) is 2.04. The molecule has 0 fully saturated rings. The zero-order valence-electron chi connectivity index (χ0n) is 10.1. The van der Waals surface area contributed by atoms with Gasteiger partial charge in [-0.05, 0) is 31.2 Å². The van der Waals surface area contributed by atoms with E-state index in [1.54, 1.807) is 4.52 Å². The number of nitrogens with zero attached hydrogens (tertiary/aromatic N) is 5. The van der Waals surface area contributed by atoms with E-state index >= 15 is 0 Å². The molecule has 92 valence electrons. The maximum atomic E-state index is 4.33. The Bertz CT molecular complexity index is 686. The molecule has 0 bridgehead atoms. The molecule has 0 saturated carbocycles. The maximum absolute atomic E-state index is 4.33. The largest absolute Gasteiger partial charge is 0.337 e. The summed E-state index contributed by atoms with van der Waals surface area (Å²) >= 11 is 1.53. The molecule has 1 N–H and O–H groups in total. The van der Waals surface area contributed by atoms with Crippen molar-refractivity contribution in [3.8, 4) is 0 Å². The Morgan fingerprint density at radius 3 is 3.06 bits per heavy atom. The van der Waals surface area contributed by atoms with Gasteiger partial charge in [0.05, 0.1) is 0 Å². The minimum absolute atomic E-state index is 0.611. The first kappa shape index (κ1) is 11.2. The summed E-state index contributed by atoms with van der Waals surface area (Å²) < 4.78 is 1.71. The Balaban J connectivity index is 2.00. The summed E-state index contributed by atoms with van der Waals surface area (Å²) in [6, 6.07) is 1.97. The van der Waals surface area contributed by atoms with Gasteiger partial charge in [-0.1, -0.05) is 6.92 Å². The quantitative estimate of drug-likeness (QED) is 0.728. The smallest absolute Gasteiger partial charge is 0.253 e. The van der Waals surface area contributed by atoms with Crippen LogP contribution in [0.25, 0.3) is 5.78 Å². The normalized spacial score (nSPS) is 11.2. The van der Waals surface area contributed by atoms with E-state index in [0.29, 0.717) is 5.78 Å². The Labute approximate surface area is 108 Å². The number of rotatable bonds is 3. The predicted octanol–water partition coefficient (Wildman–Crippen LogP) is 1.87. The molecule has 0 amide bonds. The molecule has 0 aliphatic heterocycles. The molecule has 0 atom stereocenters. The monoisotopic (exact) mass is 260 g/mol. The van der Waals surface area contributed by atoms with Gasteiger partial charge in [-0.25, -0.2) is 9.97 Å². The summed E-state index contributed by atoms with van der Waals surface area (Å²) in [5.74, 6) is 0.611. The third kappa shape index (κ3) is 1.97. The van der Waals surface area contributed by atoms with Crippen molar-refractivity contribution in [2.45, 2.75) is 30.5 Å². The lowest BCUT2D eigenvalue weighted by molar-refractivity contribution is 0.830. The zero-order chi connectivity index (χ0) is 12.5. The predicted molar refractivity (Wildman–Crippen MR) is 67.6 cm³/mol. The molecule has 3 aromatic heterocycles. The molecule has 7 heteroatoms. The minimum atomic E-state index is 0.611. The second-order valence-electron chi connectivity index (χ2n) is 3.88. The average Bonchev–Trinajstić information content (AvgIpc) is 2.97. The number of imidazole rings is 1. The van der Waals surface area contributed by atoms with Crippen LogP contribution in [0.2, 0.25) is 0 Å². The molecule has 3 aromatic rings. The number of H-pyrrole nitrogens is 1. The summed E-state index contributed by atoms with van der Waals surface area (Å²) in [7, 11) is 0. The van der Waals surface area contributed by atoms with E-state index in [1.807, 2.05) is 19.2 Å². The van der Waals surface area contributed by atoms with Crippen molar-refractivity contribution in [1.82, 2.24) is 29.5 Å². The molecule has 18 heavy (non-hydrogen) atoms. The highest BCUT2D eigenvalue weighted by Crippen LogP contribution is 2.25. The lowest BCUT2D eigenvalue weighted by Gasteiger charge is -2.02.